The second-order valence-electron chi connectivity index (χ2n) is 2.10. The van der Waals surface area contributed by atoms with E-state index in [0.717, 1.165) is 5.52 Å². The highest BCUT2D eigenvalue weighted by Gasteiger charge is 2.00. The summed E-state index contributed by atoms with van der Waals surface area (Å²) < 4.78 is 4.88. The largest absolute Gasteiger partial charge is 0.448 e. The van der Waals surface area contributed by atoms with Crippen LogP contribution in [-0.2, 0) is 0 Å². The molecule has 12 heavy (non-hydrogen) atoms. The zero-order chi connectivity index (χ0) is 8.39. The van der Waals surface area contributed by atoms with Gasteiger partial charge in [0.25, 0.3) is 0 Å². The molecule has 0 spiro atoms. The Morgan fingerprint density at radius 3 is 3.25 bits per heavy atom. The summed E-state index contributed by atoms with van der Waals surface area (Å²) >= 11 is 0. The third kappa shape index (κ3) is 1.08. The summed E-state index contributed by atoms with van der Waals surface area (Å²) in [6, 6.07) is 0.247. The third-order valence-electron chi connectivity index (χ3n) is 1.37. The quantitative estimate of drug-likeness (QED) is 0.593. The van der Waals surface area contributed by atoms with Crippen LogP contribution in [0.4, 0.5) is 0 Å². The fourth-order valence-electron chi connectivity index (χ4n) is 0.864. The zero-order valence-corrected chi connectivity index (χ0v) is 6.19. The summed E-state index contributed by atoms with van der Waals surface area (Å²) in [6.07, 6.45) is 3.14. The normalized spacial score (nSPS) is 10.4. The predicted octanol–water partition coefficient (Wildman–Crippen LogP) is -0.352. The highest BCUT2D eigenvalue weighted by atomic mass is 16.5. The van der Waals surface area contributed by atoms with Crippen LogP contribution in [0.5, 0.6) is 6.01 Å². The van der Waals surface area contributed by atoms with Gasteiger partial charge in [0.2, 0.25) is 0 Å². The van der Waals surface area contributed by atoms with Crippen LogP contribution in [0.25, 0.3) is 11.2 Å². The van der Waals surface area contributed by atoms with Crippen LogP contribution < -0.4 is 10.5 Å². The molecule has 0 bridgehead atoms. The maximum atomic E-state index is 5.15. The first-order chi connectivity index (χ1) is 5.90. The maximum absolute atomic E-state index is 5.15. The highest BCUT2D eigenvalue weighted by Crippen LogP contribution is 2.07. The lowest BCUT2D eigenvalue weighted by Crippen LogP contribution is -2.09. The SMILES string of the molecule is NCOc1ncc2[nH]cnc2n1. The minimum Gasteiger partial charge on any atom is -0.448 e. The van der Waals surface area contributed by atoms with Crippen molar-refractivity contribution < 1.29 is 4.74 Å². The maximum Gasteiger partial charge on any atom is 0.319 e. The number of aromatic amines is 1. The summed E-state index contributed by atoms with van der Waals surface area (Å²) in [7, 11) is 0. The Balaban J connectivity index is 2.46. The van der Waals surface area contributed by atoms with E-state index in [-0.39, 0.29) is 12.7 Å². The number of aromatic nitrogens is 4. The standard InChI is InChI=1S/C6H7N5O/c7-2-12-6-8-1-4-5(11-6)10-3-9-4/h1,3H,2,7H2,(H,8,9,10,11). The number of nitrogens with zero attached hydrogens (tertiary/aromatic N) is 3. The first-order valence-electron chi connectivity index (χ1n) is 3.39. The number of hydrogen-bond donors (Lipinski definition) is 2. The van der Waals surface area contributed by atoms with Crippen molar-refractivity contribution in [1.29, 1.82) is 0 Å². The lowest BCUT2D eigenvalue weighted by atomic mass is 10.6. The average molecular weight is 165 g/mol. The molecule has 0 radical (unpaired) electrons. The van der Waals surface area contributed by atoms with Crippen LogP contribution in [0.3, 0.4) is 0 Å². The van der Waals surface area contributed by atoms with E-state index in [4.69, 9.17) is 10.5 Å². The van der Waals surface area contributed by atoms with Gasteiger partial charge in [-0.2, -0.15) is 4.98 Å². The molecule has 2 aromatic rings. The molecular weight excluding hydrogens is 158 g/mol. The second kappa shape index (κ2) is 2.74. The molecule has 3 N–H and O–H groups in total. The van der Waals surface area contributed by atoms with Crippen LogP contribution in [0, 0.1) is 0 Å². The van der Waals surface area contributed by atoms with Crippen molar-refractivity contribution in [3.8, 4) is 6.01 Å². The number of hydrogen-bond acceptors (Lipinski definition) is 5. The molecule has 62 valence electrons. The summed E-state index contributed by atoms with van der Waals surface area (Å²) in [4.78, 5) is 14.7. The van der Waals surface area contributed by atoms with Crippen LogP contribution in [0.2, 0.25) is 0 Å². The van der Waals surface area contributed by atoms with Gasteiger partial charge in [-0.25, -0.2) is 9.97 Å². The molecule has 0 aliphatic heterocycles. The number of imidazole rings is 1. The van der Waals surface area contributed by atoms with Crippen molar-refractivity contribution in [2.45, 2.75) is 0 Å². The molecule has 0 aliphatic carbocycles. The van der Waals surface area contributed by atoms with E-state index in [1.807, 2.05) is 0 Å². The van der Waals surface area contributed by atoms with E-state index in [2.05, 4.69) is 19.9 Å². The summed E-state index contributed by atoms with van der Waals surface area (Å²) in [5.41, 5.74) is 6.50. The smallest absolute Gasteiger partial charge is 0.319 e. The van der Waals surface area contributed by atoms with Gasteiger partial charge in [0.1, 0.15) is 12.2 Å². The van der Waals surface area contributed by atoms with Gasteiger partial charge < -0.3 is 9.72 Å². The number of fused-ring (bicyclic) bond motifs is 1. The molecule has 0 aliphatic rings. The minimum atomic E-state index is 0.0654. The van der Waals surface area contributed by atoms with E-state index in [0.29, 0.717) is 5.65 Å². The third-order valence-corrected chi connectivity index (χ3v) is 1.37. The van der Waals surface area contributed by atoms with Gasteiger partial charge in [-0.1, -0.05) is 0 Å². The molecule has 0 aromatic carbocycles. The van der Waals surface area contributed by atoms with Crippen molar-refractivity contribution >= 4 is 11.2 Å². The number of ether oxygens (including phenoxy) is 1. The molecule has 2 heterocycles. The Morgan fingerprint density at radius 1 is 1.50 bits per heavy atom. The Labute approximate surface area is 67.8 Å². The van der Waals surface area contributed by atoms with E-state index in [1.165, 1.54) is 0 Å². The Morgan fingerprint density at radius 2 is 2.42 bits per heavy atom. The van der Waals surface area contributed by atoms with Gasteiger partial charge in [-0.05, 0) is 0 Å². The number of H-pyrrole nitrogens is 1. The Bertz CT molecular complexity index is 384. The first kappa shape index (κ1) is 6.99. The predicted molar refractivity (Wildman–Crippen MR) is 41.4 cm³/mol. The average Bonchev–Trinajstić information content (AvgIpc) is 2.51. The van der Waals surface area contributed by atoms with E-state index < -0.39 is 0 Å². The number of rotatable bonds is 2. The molecule has 0 amide bonds. The van der Waals surface area contributed by atoms with E-state index in [1.54, 1.807) is 12.5 Å². The Kier molecular flexibility index (Phi) is 1.60. The van der Waals surface area contributed by atoms with Gasteiger partial charge in [0.05, 0.1) is 12.5 Å². The molecule has 6 heteroatoms. The van der Waals surface area contributed by atoms with Gasteiger partial charge in [0.15, 0.2) is 5.65 Å². The van der Waals surface area contributed by atoms with Gasteiger partial charge in [0, 0.05) is 0 Å². The van der Waals surface area contributed by atoms with E-state index >= 15 is 0 Å². The molecule has 2 aromatic heterocycles. The Hall–Kier alpha value is -1.69. The summed E-state index contributed by atoms with van der Waals surface area (Å²) in [5, 5.41) is 0. The van der Waals surface area contributed by atoms with Crippen molar-refractivity contribution in [3.63, 3.8) is 0 Å². The molecule has 0 atom stereocenters. The van der Waals surface area contributed by atoms with Gasteiger partial charge >= 0.3 is 6.01 Å². The lowest BCUT2D eigenvalue weighted by Gasteiger charge is -1.97. The lowest BCUT2D eigenvalue weighted by molar-refractivity contribution is 0.304. The summed E-state index contributed by atoms with van der Waals surface area (Å²) in [5.74, 6) is 0. The minimum absolute atomic E-state index is 0.0654. The summed E-state index contributed by atoms with van der Waals surface area (Å²) in [6.45, 7) is 0.0654. The molecule has 0 fully saturated rings. The van der Waals surface area contributed by atoms with Crippen molar-refractivity contribution in [3.05, 3.63) is 12.5 Å². The van der Waals surface area contributed by atoms with Crippen LogP contribution in [0.1, 0.15) is 0 Å². The van der Waals surface area contributed by atoms with Crippen molar-refractivity contribution in [1.82, 2.24) is 19.9 Å². The topological polar surface area (TPSA) is 89.7 Å². The van der Waals surface area contributed by atoms with Gasteiger partial charge in [-0.15, -0.1) is 0 Å². The molecule has 6 nitrogen and oxygen atoms in total. The molecular formula is C6H7N5O. The molecule has 0 saturated heterocycles. The van der Waals surface area contributed by atoms with Crippen molar-refractivity contribution in [2.24, 2.45) is 5.73 Å². The molecule has 0 saturated carbocycles. The fourth-order valence-corrected chi connectivity index (χ4v) is 0.864. The fraction of sp³-hybridized carbons (Fsp3) is 0.167. The number of nitrogens with two attached hydrogens (primary N) is 1. The monoisotopic (exact) mass is 165 g/mol. The van der Waals surface area contributed by atoms with Crippen LogP contribution in [-0.4, -0.2) is 26.7 Å². The van der Waals surface area contributed by atoms with Crippen LogP contribution in [0.15, 0.2) is 12.5 Å². The van der Waals surface area contributed by atoms with Gasteiger partial charge in [-0.3, -0.25) is 5.73 Å². The number of nitrogens with one attached hydrogen (secondary N) is 1. The van der Waals surface area contributed by atoms with Crippen molar-refractivity contribution in [2.75, 3.05) is 6.73 Å². The molecule has 2 rings (SSSR count). The first-order valence-corrected chi connectivity index (χ1v) is 3.39. The molecule has 0 unspecified atom stereocenters. The van der Waals surface area contributed by atoms with Crippen LogP contribution >= 0.6 is 0 Å². The highest BCUT2D eigenvalue weighted by molar-refractivity contribution is 5.68. The zero-order valence-electron chi connectivity index (χ0n) is 6.19. The van der Waals surface area contributed by atoms with E-state index in [9.17, 15) is 0 Å². The second-order valence-corrected chi connectivity index (χ2v) is 2.10.